The third kappa shape index (κ3) is 5.36. The Kier molecular flexibility index (Phi) is 7.14. The van der Waals surface area contributed by atoms with Gasteiger partial charge in [-0.1, -0.05) is 0 Å². The number of aromatic carboxylic acids is 1. The van der Waals surface area contributed by atoms with Gasteiger partial charge in [0.05, 0.1) is 15.4 Å². The molecule has 0 heterocycles. The number of nitrogens with zero attached hydrogens (tertiary/aromatic N) is 2. The summed E-state index contributed by atoms with van der Waals surface area (Å²) in [6, 6.07) is 1.80. The number of hydrogen-bond acceptors (Lipinski definition) is 8. The molecule has 1 amide bonds. The molecule has 2 aromatic carbocycles. The van der Waals surface area contributed by atoms with E-state index in [9.17, 15) is 43.0 Å². The average molecular weight is 418 g/mol. The summed E-state index contributed by atoms with van der Waals surface area (Å²) < 4.78 is 38.4. The summed E-state index contributed by atoms with van der Waals surface area (Å²) in [5.74, 6) is -6.68. The third-order valence-electron chi connectivity index (χ3n) is 3.12. The van der Waals surface area contributed by atoms with E-state index >= 15 is 0 Å². The number of carbonyl (C=O) groups is 2. The molecule has 0 saturated heterocycles. The number of nitrogens with two attached hydrogens (primary N) is 1. The second-order valence-electron chi connectivity index (χ2n) is 4.93. The zero-order valence-corrected chi connectivity index (χ0v) is 13.8. The SMILES string of the molecule is Nc1cc(F)c(C(=O)NO)cc1[N+](=O)[O-].O=C(O)c1cc([N+](=O)[O-])c(F)cc1F. The number of nitrogens with one attached hydrogen (secondary N) is 1. The molecule has 0 aliphatic carbocycles. The molecule has 0 unspecified atom stereocenters. The van der Waals surface area contributed by atoms with Crippen LogP contribution in [0, 0.1) is 37.7 Å². The van der Waals surface area contributed by atoms with Crippen LogP contribution < -0.4 is 11.2 Å². The lowest BCUT2D eigenvalue weighted by atomic mass is 10.1. The standard InChI is InChI=1S/C7H3F2NO4.C7H6FN3O4/c8-4-2-5(9)6(10(13)14)1-3(4)7(11)12;8-4-2-5(9)6(11(14)15)1-3(4)7(12)10-13/h1-2H,(H,11,12);1-2,13H,9H2,(H,10,12). The highest BCUT2D eigenvalue weighted by atomic mass is 19.1. The van der Waals surface area contributed by atoms with Crippen LogP contribution in [-0.2, 0) is 0 Å². The molecule has 0 spiro atoms. The fourth-order valence-electron chi connectivity index (χ4n) is 1.81. The van der Waals surface area contributed by atoms with Gasteiger partial charge in [0.15, 0.2) is 0 Å². The zero-order valence-electron chi connectivity index (χ0n) is 13.8. The lowest BCUT2D eigenvalue weighted by Crippen LogP contribution is -2.20. The van der Waals surface area contributed by atoms with Gasteiger partial charge in [0.25, 0.3) is 11.6 Å². The van der Waals surface area contributed by atoms with Crippen molar-refractivity contribution in [3.05, 3.63) is 73.1 Å². The van der Waals surface area contributed by atoms with Crippen LogP contribution in [0.25, 0.3) is 0 Å². The molecule has 2 rings (SSSR count). The van der Waals surface area contributed by atoms with Crippen LogP contribution >= 0.6 is 0 Å². The van der Waals surface area contributed by atoms with Gasteiger partial charge in [-0.15, -0.1) is 0 Å². The van der Waals surface area contributed by atoms with Gasteiger partial charge in [0, 0.05) is 24.3 Å². The van der Waals surface area contributed by atoms with Gasteiger partial charge in [0.2, 0.25) is 5.82 Å². The van der Waals surface area contributed by atoms with E-state index in [1.54, 1.807) is 0 Å². The summed E-state index contributed by atoms with van der Waals surface area (Å²) in [5.41, 5.74) is 2.67. The van der Waals surface area contributed by atoms with Crippen LogP contribution in [0.5, 0.6) is 0 Å². The van der Waals surface area contributed by atoms with Crippen molar-refractivity contribution < 1.29 is 42.9 Å². The number of hydrogen-bond donors (Lipinski definition) is 4. The molecule has 0 aromatic heterocycles. The highest BCUT2D eigenvalue weighted by Crippen LogP contribution is 2.25. The van der Waals surface area contributed by atoms with Crippen molar-refractivity contribution in [3.8, 4) is 0 Å². The normalized spacial score (nSPS) is 9.79. The highest BCUT2D eigenvalue weighted by Gasteiger charge is 2.22. The summed E-state index contributed by atoms with van der Waals surface area (Å²) in [6.07, 6.45) is 0. The molecule has 5 N–H and O–H groups in total. The second kappa shape index (κ2) is 9.09. The quantitative estimate of drug-likeness (QED) is 0.248. The van der Waals surface area contributed by atoms with Crippen LogP contribution in [0.2, 0.25) is 0 Å². The molecular formula is C14H9F3N4O8. The molecule has 0 saturated carbocycles. The Hall–Kier alpha value is -4.27. The Morgan fingerprint density at radius 1 is 0.897 bits per heavy atom. The van der Waals surface area contributed by atoms with Crippen LogP contribution in [-0.4, -0.2) is 32.0 Å². The number of carboxylic acids is 1. The summed E-state index contributed by atoms with van der Waals surface area (Å²) in [7, 11) is 0. The fraction of sp³-hybridized carbons (Fsp3) is 0. The van der Waals surface area contributed by atoms with Crippen molar-refractivity contribution in [1.29, 1.82) is 0 Å². The van der Waals surface area contributed by atoms with Crippen molar-refractivity contribution in [1.82, 2.24) is 5.48 Å². The van der Waals surface area contributed by atoms with E-state index in [2.05, 4.69) is 0 Å². The molecular weight excluding hydrogens is 409 g/mol. The van der Waals surface area contributed by atoms with Crippen molar-refractivity contribution in [2.24, 2.45) is 0 Å². The maximum atomic E-state index is 13.1. The Labute approximate surface area is 157 Å². The topological polar surface area (TPSA) is 199 Å². The molecule has 154 valence electrons. The fourth-order valence-corrected chi connectivity index (χ4v) is 1.81. The van der Waals surface area contributed by atoms with Gasteiger partial charge >= 0.3 is 11.7 Å². The van der Waals surface area contributed by atoms with Crippen LogP contribution in [0.3, 0.4) is 0 Å². The van der Waals surface area contributed by atoms with E-state index in [-0.39, 0.29) is 6.07 Å². The van der Waals surface area contributed by atoms with Crippen LogP contribution in [0.1, 0.15) is 20.7 Å². The summed E-state index contributed by atoms with van der Waals surface area (Å²) in [4.78, 5) is 39.8. The van der Waals surface area contributed by atoms with Gasteiger partial charge in [-0.25, -0.2) is 19.1 Å². The Morgan fingerprint density at radius 3 is 1.83 bits per heavy atom. The molecule has 0 atom stereocenters. The van der Waals surface area contributed by atoms with Gasteiger partial charge in [0.1, 0.15) is 22.9 Å². The summed E-state index contributed by atoms with van der Waals surface area (Å²) in [5, 5.41) is 37.2. The number of nitro benzene ring substituents is 2. The molecule has 0 radical (unpaired) electrons. The van der Waals surface area contributed by atoms with Crippen LogP contribution in [0.4, 0.5) is 30.2 Å². The highest BCUT2D eigenvalue weighted by molar-refractivity contribution is 5.95. The van der Waals surface area contributed by atoms with Gasteiger partial charge in [-0.2, -0.15) is 4.39 Å². The number of nitrogen functional groups attached to an aromatic ring is 1. The molecule has 0 fully saturated rings. The van der Waals surface area contributed by atoms with Crippen molar-refractivity contribution in [3.63, 3.8) is 0 Å². The molecule has 12 nitrogen and oxygen atoms in total. The monoisotopic (exact) mass is 418 g/mol. The summed E-state index contributed by atoms with van der Waals surface area (Å²) >= 11 is 0. The maximum absolute atomic E-state index is 13.1. The minimum absolute atomic E-state index is 0.168. The number of hydroxylamine groups is 1. The number of amides is 1. The largest absolute Gasteiger partial charge is 0.478 e. The predicted molar refractivity (Wildman–Crippen MR) is 86.7 cm³/mol. The third-order valence-corrected chi connectivity index (χ3v) is 3.12. The zero-order chi connectivity index (χ0) is 22.5. The predicted octanol–water partition coefficient (Wildman–Crippen LogP) is 2.01. The van der Waals surface area contributed by atoms with E-state index in [4.69, 9.17) is 16.0 Å². The number of rotatable bonds is 4. The van der Waals surface area contributed by atoms with Gasteiger partial charge in [-0.3, -0.25) is 30.2 Å². The number of benzene rings is 2. The first-order chi connectivity index (χ1) is 13.4. The first-order valence-corrected chi connectivity index (χ1v) is 6.95. The Balaban J connectivity index is 0.000000291. The van der Waals surface area contributed by atoms with Crippen LogP contribution in [0.15, 0.2) is 24.3 Å². The second-order valence-corrected chi connectivity index (χ2v) is 4.93. The lowest BCUT2D eigenvalue weighted by Gasteiger charge is -2.02. The molecule has 2 aromatic rings. The smallest absolute Gasteiger partial charge is 0.338 e. The molecule has 0 bridgehead atoms. The lowest BCUT2D eigenvalue weighted by molar-refractivity contribution is -0.387. The first-order valence-electron chi connectivity index (χ1n) is 6.95. The minimum atomic E-state index is -1.69. The number of carboxylic acid groups (broad SMARTS) is 1. The Morgan fingerprint density at radius 2 is 1.38 bits per heavy atom. The van der Waals surface area contributed by atoms with Crippen molar-refractivity contribution in [2.45, 2.75) is 0 Å². The van der Waals surface area contributed by atoms with Crippen molar-refractivity contribution in [2.75, 3.05) is 5.73 Å². The molecule has 0 aliphatic rings. The number of anilines is 1. The van der Waals surface area contributed by atoms with E-state index in [1.165, 1.54) is 5.48 Å². The van der Waals surface area contributed by atoms with Gasteiger partial charge < -0.3 is 10.8 Å². The number of halogens is 3. The number of nitro groups is 2. The number of carbonyl (C=O) groups excluding carboxylic acids is 1. The van der Waals surface area contributed by atoms with E-state index in [1.807, 2.05) is 0 Å². The molecule has 0 aliphatic heterocycles. The molecule has 29 heavy (non-hydrogen) atoms. The van der Waals surface area contributed by atoms with Crippen molar-refractivity contribution >= 4 is 28.9 Å². The Bertz CT molecular complexity index is 980. The van der Waals surface area contributed by atoms with E-state index < -0.39 is 67.4 Å². The summed E-state index contributed by atoms with van der Waals surface area (Å²) in [6.45, 7) is 0. The van der Waals surface area contributed by atoms with E-state index in [0.29, 0.717) is 18.2 Å². The van der Waals surface area contributed by atoms with Gasteiger partial charge in [-0.05, 0) is 0 Å². The first kappa shape index (κ1) is 22.8. The van der Waals surface area contributed by atoms with E-state index in [0.717, 1.165) is 0 Å². The minimum Gasteiger partial charge on any atom is -0.478 e. The maximum Gasteiger partial charge on any atom is 0.338 e. The average Bonchev–Trinajstić information content (AvgIpc) is 2.60. The molecule has 15 heteroatoms.